The summed E-state index contributed by atoms with van der Waals surface area (Å²) in [5, 5.41) is 12.4. The van der Waals surface area contributed by atoms with E-state index in [-0.39, 0.29) is 0 Å². The molecule has 0 aliphatic carbocycles. The van der Waals surface area contributed by atoms with Gasteiger partial charge in [-0.15, -0.1) is 0 Å². The molecule has 3 heteroatoms. The molecule has 1 aliphatic rings. The molecule has 1 aromatic rings. The molecule has 1 saturated heterocycles. The highest BCUT2D eigenvalue weighted by Gasteiger charge is 2.16. The summed E-state index contributed by atoms with van der Waals surface area (Å²) in [6, 6.07) is 10.2. The van der Waals surface area contributed by atoms with Crippen LogP contribution in [0, 0.1) is 17.2 Å². The average Bonchev–Trinajstić information content (AvgIpc) is 2.48. The summed E-state index contributed by atoms with van der Waals surface area (Å²) in [7, 11) is 0. The fraction of sp³-hybridized carbons (Fsp3) is 0.562. The largest absolute Gasteiger partial charge is 0.317 e. The topological polar surface area (TPSA) is 39.1 Å². The van der Waals surface area contributed by atoms with Gasteiger partial charge in [-0.1, -0.05) is 19.1 Å². The second-order valence-corrected chi connectivity index (χ2v) is 5.33. The minimum Gasteiger partial charge on any atom is -0.317 e. The van der Waals surface area contributed by atoms with Gasteiger partial charge in [0.05, 0.1) is 11.6 Å². The first-order valence-corrected chi connectivity index (χ1v) is 7.24. The Morgan fingerprint density at radius 1 is 1.37 bits per heavy atom. The number of benzene rings is 1. The standard InChI is InChI=1S/C16H23N3/c1-2-19(12-14-6-8-18-9-7-14)13-16-5-3-4-15(10-16)11-17/h3-5,10,14,18H,2,6-9,12-13H2,1H3. The number of nitriles is 1. The van der Waals surface area contributed by atoms with Gasteiger partial charge in [-0.25, -0.2) is 0 Å². The molecule has 1 aliphatic heterocycles. The highest BCUT2D eigenvalue weighted by Crippen LogP contribution is 2.15. The summed E-state index contributed by atoms with van der Waals surface area (Å²) < 4.78 is 0. The Morgan fingerprint density at radius 2 is 2.16 bits per heavy atom. The van der Waals surface area contributed by atoms with Gasteiger partial charge in [0.25, 0.3) is 0 Å². The smallest absolute Gasteiger partial charge is 0.0991 e. The van der Waals surface area contributed by atoms with Gasteiger partial charge in [0, 0.05) is 13.1 Å². The van der Waals surface area contributed by atoms with E-state index in [0.717, 1.165) is 37.7 Å². The van der Waals surface area contributed by atoms with E-state index in [2.05, 4.69) is 29.3 Å². The summed E-state index contributed by atoms with van der Waals surface area (Å²) in [5.41, 5.74) is 2.00. The van der Waals surface area contributed by atoms with Crippen molar-refractivity contribution in [3.8, 4) is 6.07 Å². The van der Waals surface area contributed by atoms with Gasteiger partial charge in [0.2, 0.25) is 0 Å². The minimum atomic E-state index is 0.760. The molecule has 0 spiro atoms. The van der Waals surface area contributed by atoms with E-state index in [1.165, 1.54) is 24.9 Å². The van der Waals surface area contributed by atoms with Gasteiger partial charge < -0.3 is 5.32 Å². The lowest BCUT2D eigenvalue weighted by Gasteiger charge is -2.29. The second-order valence-electron chi connectivity index (χ2n) is 5.33. The van der Waals surface area contributed by atoms with Crippen molar-refractivity contribution in [2.45, 2.75) is 26.3 Å². The lowest BCUT2D eigenvalue weighted by Crippen LogP contribution is -2.35. The predicted molar refractivity (Wildman–Crippen MR) is 77.7 cm³/mol. The third-order valence-electron chi connectivity index (χ3n) is 3.88. The SMILES string of the molecule is CCN(Cc1cccc(C#N)c1)CC1CCNCC1. The summed E-state index contributed by atoms with van der Waals surface area (Å²) in [4.78, 5) is 2.49. The number of nitrogens with zero attached hydrogens (tertiary/aromatic N) is 2. The zero-order valence-corrected chi connectivity index (χ0v) is 11.7. The lowest BCUT2D eigenvalue weighted by molar-refractivity contribution is 0.207. The van der Waals surface area contributed by atoms with E-state index in [1.807, 2.05) is 18.2 Å². The molecule has 1 heterocycles. The Labute approximate surface area is 116 Å². The first-order chi connectivity index (χ1) is 9.31. The second kappa shape index (κ2) is 7.28. The van der Waals surface area contributed by atoms with Crippen molar-refractivity contribution in [1.82, 2.24) is 10.2 Å². The highest BCUT2D eigenvalue weighted by molar-refractivity contribution is 5.32. The number of piperidine rings is 1. The zero-order chi connectivity index (χ0) is 13.5. The van der Waals surface area contributed by atoms with Crippen LogP contribution >= 0.6 is 0 Å². The monoisotopic (exact) mass is 257 g/mol. The van der Waals surface area contributed by atoms with Crippen LogP contribution in [0.4, 0.5) is 0 Å². The van der Waals surface area contributed by atoms with E-state index in [1.54, 1.807) is 0 Å². The van der Waals surface area contributed by atoms with Crippen LogP contribution in [-0.4, -0.2) is 31.1 Å². The molecular weight excluding hydrogens is 234 g/mol. The molecule has 102 valence electrons. The van der Waals surface area contributed by atoms with Crippen LogP contribution in [-0.2, 0) is 6.54 Å². The van der Waals surface area contributed by atoms with E-state index in [0.29, 0.717) is 0 Å². The number of hydrogen-bond acceptors (Lipinski definition) is 3. The summed E-state index contributed by atoms with van der Waals surface area (Å²) in [6.07, 6.45) is 2.57. The fourth-order valence-electron chi connectivity index (χ4n) is 2.73. The first kappa shape index (κ1) is 14.0. The molecule has 0 radical (unpaired) electrons. The Hall–Kier alpha value is -1.37. The zero-order valence-electron chi connectivity index (χ0n) is 11.7. The Morgan fingerprint density at radius 3 is 2.84 bits per heavy atom. The van der Waals surface area contributed by atoms with Crippen molar-refractivity contribution in [2.75, 3.05) is 26.2 Å². The van der Waals surface area contributed by atoms with E-state index >= 15 is 0 Å². The van der Waals surface area contributed by atoms with Gasteiger partial charge in [-0.2, -0.15) is 5.26 Å². The van der Waals surface area contributed by atoms with Gasteiger partial charge >= 0.3 is 0 Å². The molecular formula is C16H23N3. The summed E-state index contributed by atoms with van der Waals surface area (Å²) in [6.45, 7) is 7.74. The predicted octanol–water partition coefficient (Wildman–Crippen LogP) is 2.38. The molecule has 0 amide bonds. The Bertz CT molecular complexity index is 430. The third-order valence-corrected chi connectivity index (χ3v) is 3.88. The minimum absolute atomic E-state index is 0.760. The van der Waals surface area contributed by atoms with Crippen LogP contribution in [0.25, 0.3) is 0 Å². The van der Waals surface area contributed by atoms with Crippen molar-refractivity contribution < 1.29 is 0 Å². The summed E-state index contributed by atoms with van der Waals surface area (Å²) >= 11 is 0. The van der Waals surface area contributed by atoms with Gasteiger partial charge in [-0.05, 0) is 56.1 Å². The van der Waals surface area contributed by atoms with E-state index < -0.39 is 0 Å². The van der Waals surface area contributed by atoms with E-state index in [9.17, 15) is 0 Å². The third kappa shape index (κ3) is 4.34. The van der Waals surface area contributed by atoms with Gasteiger partial charge in [0.1, 0.15) is 0 Å². The summed E-state index contributed by atoms with van der Waals surface area (Å²) in [5.74, 6) is 0.820. The maximum absolute atomic E-state index is 8.94. The van der Waals surface area contributed by atoms with Gasteiger partial charge in [-0.3, -0.25) is 4.90 Å². The van der Waals surface area contributed by atoms with Crippen molar-refractivity contribution >= 4 is 0 Å². The molecule has 1 N–H and O–H groups in total. The van der Waals surface area contributed by atoms with Crippen LogP contribution in [0.15, 0.2) is 24.3 Å². The molecule has 1 fully saturated rings. The quantitative estimate of drug-likeness (QED) is 0.880. The van der Waals surface area contributed by atoms with Crippen molar-refractivity contribution in [3.63, 3.8) is 0 Å². The maximum Gasteiger partial charge on any atom is 0.0991 e. The maximum atomic E-state index is 8.94. The lowest BCUT2D eigenvalue weighted by atomic mass is 9.97. The molecule has 3 nitrogen and oxygen atoms in total. The first-order valence-electron chi connectivity index (χ1n) is 7.24. The number of nitrogens with one attached hydrogen (secondary N) is 1. The Kier molecular flexibility index (Phi) is 5.38. The van der Waals surface area contributed by atoms with Crippen molar-refractivity contribution in [1.29, 1.82) is 5.26 Å². The normalized spacial score (nSPS) is 16.5. The number of hydrogen-bond donors (Lipinski definition) is 1. The van der Waals surface area contributed by atoms with Crippen LogP contribution in [0.1, 0.15) is 30.9 Å². The van der Waals surface area contributed by atoms with E-state index in [4.69, 9.17) is 5.26 Å². The molecule has 1 aromatic carbocycles. The van der Waals surface area contributed by atoms with Crippen molar-refractivity contribution in [3.05, 3.63) is 35.4 Å². The van der Waals surface area contributed by atoms with Crippen LogP contribution in [0.3, 0.4) is 0 Å². The Balaban J connectivity index is 1.92. The molecule has 0 unspecified atom stereocenters. The van der Waals surface area contributed by atoms with Crippen molar-refractivity contribution in [2.24, 2.45) is 5.92 Å². The fourth-order valence-corrected chi connectivity index (χ4v) is 2.73. The average molecular weight is 257 g/mol. The van der Waals surface area contributed by atoms with Gasteiger partial charge in [0.15, 0.2) is 0 Å². The van der Waals surface area contributed by atoms with Crippen LogP contribution in [0.2, 0.25) is 0 Å². The molecule has 0 atom stereocenters. The molecule has 0 bridgehead atoms. The highest BCUT2D eigenvalue weighted by atomic mass is 15.1. The molecule has 0 aromatic heterocycles. The van der Waals surface area contributed by atoms with Crippen LogP contribution < -0.4 is 5.32 Å². The number of rotatable bonds is 5. The molecule has 2 rings (SSSR count). The van der Waals surface area contributed by atoms with Crippen LogP contribution in [0.5, 0.6) is 0 Å². The molecule has 0 saturated carbocycles. The molecule has 19 heavy (non-hydrogen) atoms.